The Hall–Kier alpha value is -2.05. The average molecular weight is 367 g/mol. The normalized spacial score (nSPS) is 10.3. The van der Waals surface area contributed by atoms with E-state index >= 15 is 0 Å². The molecule has 0 saturated carbocycles. The minimum Gasteiger partial charge on any atom is -0.326 e. The van der Waals surface area contributed by atoms with Crippen LogP contribution in [0.2, 0.25) is 5.02 Å². The summed E-state index contributed by atoms with van der Waals surface area (Å²) in [4.78, 5) is 24.0. The monoisotopic (exact) mass is 366 g/mol. The van der Waals surface area contributed by atoms with Crippen molar-refractivity contribution < 1.29 is 14.0 Å². The zero-order valence-corrected chi connectivity index (χ0v) is 14.5. The van der Waals surface area contributed by atoms with Crippen LogP contribution in [0.4, 0.5) is 15.8 Å². The van der Waals surface area contributed by atoms with E-state index in [1.165, 1.54) is 36.9 Å². The van der Waals surface area contributed by atoms with E-state index in [2.05, 4.69) is 10.6 Å². The molecule has 0 atom stereocenters. The lowest BCUT2D eigenvalue weighted by molar-refractivity contribution is -0.116. The number of rotatable bonds is 6. The highest BCUT2D eigenvalue weighted by molar-refractivity contribution is 7.99. The Bertz CT molecular complexity index is 738. The maximum Gasteiger partial charge on any atom is 0.225 e. The van der Waals surface area contributed by atoms with Crippen LogP contribution in [0.25, 0.3) is 0 Å². The molecule has 0 aromatic heterocycles. The molecule has 0 spiro atoms. The Balaban J connectivity index is 1.87. The second-order valence-electron chi connectivity index (χ2n) is 4.98. The van der Waals surface area contributed by atoms with Crippen molar-refractivity contribution in [3.8, 4) is 0 Å². The van der Waals surface area contributed by atoms with Crippen LogP contribution in [0.3, 0.4) is 0 Å². The predicted molar refractivity (Wildman–Crippen MR) is 96.1 cm³/mol. The van der Waals surface area contributed by atoms with Gasteiger partial charge in [0.2, 0.25) is 11.8 Å². The Morgan fingerprint density at radius 1 is 1.12 bits per heavy atom. The number of carbonyl (C=O) groups excluding carboxylic acids is 2. The van der Waals surface area contributed by atoms with Gasteiger partial charge in [-0.15, -0.1) is 11.8 Å². The number of thioether (sulfide) groups is 1. The molecule has 0 aliphatic heterocycles. The first-order valence-electron chi connectivity index (χ1n) is 7.19. The molecule has 0 aliphatic rings. The molecule has 0 aliphatic carbocycles. The van der Waals surface area contributed by atoms with Gasteiger partial charge in [-0.25, -0.2) is 4.39 Å². The van der Waals surface area contributed by atoms with Crippen molar-refractivity contribution in [1.29, 1.82) is 0 Å². The molecule has 126 valence electrons. The second kappa shape index (κ2) is 8.70. The van der Waals surface area contributed by atoms with Crippen molar-refractivity contribution in [1.82, 2.24) is 0 Å². The number of halogens is 2. The Labute approximate surface area is 148 Å². The Morgan fingerprint density at radius 3 is 2.50 bits per heavy atom. The summed E-state index contributed by atoms with van der Waals surface area (Å²) >= 11 is 7.32. The molecule has 0 radical (unpaired) electrons. The maximum atomic E-state index is 13.7. The smallest absolute Gasteiger partial charge is 0.225 e. The van der Waals surface area contributed by atoms with Gasteiger partial charge in [-0.2, -0.15) is 0 Å². The summed E-state index contributed by atoms with van der Waals surface area (Å²) in [5, 5.41) is 5.72. The molecule has 0 heterocycles. The standard InChI is InChI=1S/C17H16ClFN2O2S/c1-11(22)20-13-4-7-15(19)16(10-13)21-17(23)8-9-24-14-5-2-12(18)3-6-14/h2-7,10H,8-9H2,1H3,(H,20,22)(H,21,23). The minimum absolute atomic E-state index is 0.0442. The number of amides is 2. The SMILES string of the molecule is CC(=O)Nc1ccc(F)c(NC(=O)CCSc2ccc(Cl)cc2)c1. The van der Waals surface area contributed by atoms with Crippen LogP contribution >= 0.6 is 23.4 Å². The van der Waals surface area contributed by atoms with E-state index in [0.717, 1.165) is 4.90 Å². The highest BCUT2D eigenvalue weighted by Gasteiger charge is 2.09. The van der Waals surface area contributed by atoms with E-state index in [4.69, 9.17) is 11.6 Å². The summed E-state index contributed by atoms with van der Waals surface area (Å²) in [6.07, 6.45) is 0.233. The number of nitrogens with one attached hydrogen (secondary N) is 2. The van der Waals surface area contributed by atoms with E-state index in [0.29, 0.717) is 16.5 Å². The first-order chi connectivity index (χ1) is 11.4. The molecule has 4 nitrogen and oxygen atoms in total. The van der Waals surface area contributed by atoms with E-state index in [9.17, 15) is 14.0 Å². The zero-order chi connectivity index (χ0) is 17.5. The van der Waals surface area contributed by atoms with Crippen LogP contribution < -0.4 is 10.6 Å². The lowest BCUT2D eigenvalue weighted by Crippen LogP contribution is -2.14. The van der Waals surface area contributed by atoms with E-state index in [-0.39, 0.29) is 23.9 Å². The van der Waals surface area contributed by atoms with Crippen LogP contribution in [0, 0.1) is 5.82 Å². The van der Waals surface area contributed by atoms with Gasteiger partial charge in [0.15, 0.2) is 0 Å². The van der Waals surface area contributed by atoms with Gasteiger partial charge >= 0.3 is 0 Å². The molecule has 0 saturated heterocycles. The summed E-state index contributed by atoms with van der Waals surface area (Å²) in [6.45, 7) is 1.36. The molecule has 7 heteroatoms. The predicted octanol–water partition coefficient (Wildman–Crippen LogP) is 4.56. The van der Waals surface area contributed by atoms with Crippen molar-refractivity contribution in [3.05, 3.63) is 53.3 Å². The average Bonchev–Trinajstić information content (AvgIpc) is 2.52. The molecule has 2 N–H and O–H groups in total. The van der Waals surface area contributed by atoms with Crippen LogP contribution in [0.15, 0.2) is 47.4 Å². The van der Waals surface area contributed by atoms with Gasteiger partial charge in [-0.1, -0.05) is 11.6 Å². The lowest BCUT2D eigenvalue weighted by atomic mass is 10.2. The van der Waals surface area contributed by atoms with Gasteiger partial charge < -0.3 is 10.6 Å². The quantitative estimate of drug-likeness (QED) is 0.737. The van der Waals surface area contributed by atoms with Crippen molar-refractivity contribution in [2.24, 2.45) is 0 Å². The van der Waals surface area contributed by atoms with Crippen LogP contribution in [-0.2, 0) is 9.59 Å². The summed E-state index contributed by atoms with van der Waals surface area (Å²) < 4.78 is 13.7. The van der Waals surface area contributed by atoms with Crippen molar-refractivity contribution in [2.45, 2.75) is 18.2 Å². The highest BCUT2D eigenvalue weighted by Crippen LogP contribution is 2.22. The maximum absolute atomic E-state index is 13.7. The fourth-order valence-electron chi connectivity index (χ4n) is 1.91. The molecule has 24 heavy (non-hydrogen) atoms. The summed E-state index contributed by atoms with van der Waals surface area (Å²) in [5.74, 6) is -0.558. The molecule has 2 rings (SSSR count). The van der Waals surface area contributed by atoms with Gasteiger partial charge in [0.1, 0.15) is 5.82 Å². The molecule has 2 aromatic carbocycles. The van der Waals surface area contributed by atoms with Crippen LogP contribution in [0.1, 0.15) is 13.3 Å². The number of hydrogen-bond acceptors (Lipinski definition) is 3. The fraction of sp³-hybridized carbons (Fsp3) is 0.176. The molecule has 0 fully saturated rings. The second-order valence-corrected chi connectivity index (χ2v) is 6.58. The first-order valence-corrected chi connectivity index (χ1v) is 8.56. The number of benzene rings is 2. The third-order valence-corrected chi connectivity index (χ3v) is 4.24. The summed E-state index contributed by atoms with van der Waals surface area (Å²) in [6, 6.07) is 11.3. The van der Waals surface area contributed by atoms with Crippen LogP contribution in [0.5, 0.6) is 0 Å². The molecule has 0 unspecified atom stereocenters. The number of anilines is 2. The van der Waals surface area contributed by atoms with Gasteiger partial charge in [0.25, 0.3) is 0 Å². The zero-order valence-electron chi connectivity index (χ0n) is 12.9. The molecular formula is C17H16ClFN2O2S. The van der Waals surface area contributed by atoms with Crippen molar-refractivity contribution in [2.75, 3.05) is 16.4 Å². The molecular weight excluding hydrogens is 351 g/mol. The lowest BCUT2D eigenvalue weighted by Gasteiger charge is -2.09. The fourth-order valence-corrected chi connectivity index (χ4v) is 2.88. The minimum atomic E-state index is -0.553. The highest BCUT2D eigenvalue weighted by atomic mass is 35.5. The molecule has 2 aromatic rings. The molecule has 2 amide bonds. The van der Waals surface area contributed by atoms with Crippen molar-refractivity contribution in [3.63, 3.8) is 0 Å². The summed E-state index contributed by atoms with van der Waals surface area (Å²) in [5.41, 5.74) is 0.470. The van der Waals surface area contributed by atoms with Gasteiger partial charge in [-0.3, -0.25) is 9.59 Å². The number of hydrogen-bond donors (Lipinski definition) is 2. The summed E-state index contributed by atoms with van der Waals surface area (Å²) in [7, 11) is 0. The Kier molecular flexibility index (Phi) is 6.63. The van der Waals surface area contributed by atoms with Crippen LogP contribution in [-0.4, -0.2) is 17.6 Å². The third-order valence-electron chi connectivity index (χ3n) is 2.97. The first kappa shape index (κ1) is 18.3. The number of carbonyl (C=O) groups is 2. The Morgan fingerprint density at radius 2 is 1.83 bits per heavy atom. The van der Waals surface area contributed by atoms with Gasteiger partial charge in [0.05, 0.1) is 5.69 Å². The van der Waals surface area contributed by atoms with E-state index < -0.39 is 5.82 Å². The largest absolute Gasteiger partial charge is 0.326 e. The molecule has 0 bridgehead atoms. The van der Waals surface area contributed by atoms with Gasteiger partial charge in [-0.05, 0) is 42.5 Å². The van der Waals surface area contributed by atoms with Gasteiger partial charge in [0, 0.05) is 34.7 Å². The topological polar surface area (TPSA) is 58.2 Å². The van der Waals surface area contributed by atoms with E-state index in [1.807, 2.05) is 12.1 Å². The van der Waals surface area contributed by atoms with Crippen molar-refractivity contribution >= 4 is 46.6 Å². The van der Waals surface area contributed by atoms with E-state index in [1.54, 1.807) is 12.1 Å². The third kappa shape index (κ3) is 5.86.